The molecule has 0 aromatic heterocycles. The summed E-state index contributed by atoms with van der Waals surface area (Å²) in [5.41, 5.74) is 0.850. The van der Waals surface area contributed by atoms with Crippen molar-refractivity contribution in [2.45, 2.75) is 37.8 Å². The van der Waals surface area contributed by atoms with E-state index >= 15 is 0 Å². The van der Waals surface area contributed by atoms with Gasteiger partial charge in [-0.3, -0.25) is 9.59 Å². The average Bonchev–Trinajstić information content (AvgIpc) is 2.73. The highest BCUT2D eigenvalue weighted by molar-refractivity contribution is 6.35. The molecule has 0 saturated carbocycles. The summed E-state index contributed by atoms with van der Waals surface area (Å²) in [5, 5.41) is 6.67. The SMILES string of the molecule is CC(NC(=O)C1(c2ccc(Cl)cc2Cl)CCOCC1)C(=O)NCc1ccccc1. The molecule has 1 aliphatic rings. The minimum atomic E-state index is -0.853. The number of halogens is 2. The Kier molecular flexibility index (Phi) is 7.17. The lowest BCUT2D eigenvalue weighted by atomic mass is 9.73. The maximum Gasteiger partial charge on any atom is 0.242 e. The van der Waals surface area contributed by atoms with Crippen LogP contribution < -0.4 is 10.6 Å². The lowest BCUT2D eigenvalue weighted by molar-refractivity contribution is -0.134. The molecule has 3 rings (SSSR count). The van der Waals surface area contributed by atoms with Crippen LogP contribution >= 0.6 is 23.2 Å². The zero-order valence-corrected chi connectivity index (χ0v) is 17.7. The van der Waals surface area contributed by atoms with E-state index in [-0.39, 0.29) is 11.8 Å². The molecule has 2 amide bonds. The van der Waals surface area contributed by atoms with Crippen molar-refractivity contribution in [2.24, 2.45) is 0 Å². The van der Waals surface area contributed by atoms with Crippen LogP contribution in [0.5, 0.6) is 0 Å². The number of carbonyl (C=O) groups is 2. The quantitative estimate of drug-likeness (QED) is 0.724. The van der Waals surface area contributed by atoms with E-state index < -0.39 is 11.5 Å². The van der Waals surface area contributed by atoms with E-state index in [0.717, 1.165) is 5.56 Å². The van der Waals surface area contributed by atoms with Crippen LogP contribution in [0.3, 0.4) is 0 Å². The molecule has 0 aliphatic carbocycles. The van der Waals surface area contributed by atoms with Gasteiger partial charge in [-0.1, -0.05) is 59.6 Å². The molecule has 1 unspecified atom stereocenters. The van der Waals surface area contributed by atoms with Crippen molar-refractivity contribution in [3.63, 3.8) is 0 Å². The summed E-state index contributed by atoms with van der Waals surface area (Å²) in [6.07, 6.45) is 0.969. The van der Waals surface area contributed by atoms with E-state index in [9.17, 15) is 9.59 Å². The fourth-order valence-electron chi connectivity index (χ4n) is 3.55. The van der Waals surface area contributed by atoms with Crippen LogP contribution in [0.4, 0.5) is 0 Å². The zero-order valence-electron chi connectivity index (χ0n) is 16.2. The molecule has 2 aromatic carbocycles. The smallest absolute Gasteiger partial charge is 0.242 e. The Bertz CT molecular complexity index is 868. The van der Waals surface area contributed by atoms with Gasteiger partial charge in [0.15, 0.2) is 0 Å². The number of amides is 2. The molecule has 7 heteroatoms. The fourth-order valence-corrected chi connectivity index (χ4v) is 4.14. The third-order valence-electron chi connectivity index (χ3n) is 5.28. The van der Waals surface area contributed by atoms with Crippen molar-refractivity contribution in [1.82, 2.24) is 10.6 Å². The average molecular weight is 435 g/mol. The van der Waals surface area contributed by atoms with Gasteiger partial charge in [-0.25, -0.2) is 0 Å². The standard InChI is InChI=1S/C22H24Cl2N2O3/c1-15(20(27)25-14-16-5-3-2-4-6-16)26-21(28)22(9-11-29-12-10-22)18-8-7-17(23)13-19(18)24/h2-8,13,15H,9-12,14H2,1H3,(H,25,27)(H,26,28). The summed E-state index contributed by atoms with van der Waals surface area (Å²) in [4.78, 5) is 25.8. The van der Waals surface area contributed by atoms with Gasteiger partial charge in [-0.15, -0.1) is 0 Å². The number of nitrogens with one attached hydrogen (secondary N) is 2. The van der Waals surface area contributed by atoms with E-state index in [1.54, 1.807) is 25.1 Å². The van der Waals surface area contributed by atoms with Crippen molar-refractivity contribution < 1.29 is 14.3 Å². The molecule has 1 atom stereocenters. The second-order valence-corrected chi connectivity index (χ2v) is 8.06. The summed E-state index contributed by atoms with van der Waals surface area (Å²) in [7, 11) is 0. The van der Waals surface area contributed by atoms with E-state index in [0.29, 0.717) is 48.2 Å². The molecule has 1 fully saturated rings. The Balaban J connectivity index is 1.72. The molecule has 2 aromatic rings. The van der Waals surface area contributed by atoms with E-state index in [4.69, 9.17) is 27.9 Å². The lowest BCUT2D eigenvalue weighted by Gasteiger charge is -2.37. The summed E-state index contributed by atoms with van der Waals surface area (Å²) >= 11 is 12.5. The number of carbonyl (C=O) groups excluding carboxylic acids is 2. The first-order valence-electron chi connectivity index (χ1n) is 9.58. The monoisotopic (exact) mass is 434 g/mol. The second-order valence-electron chi connectivity index (χ2n) is 7.22. The molecule has 154 valence electrons. The van der Waals surface area contributed by atoms with Gasteiger partial charge in [0.25, 0.3) is 0 Å². The highest BCUT2D eigenvalue weighted by atomic mass is 35.5. The van der Waals surface area contributed by atoms with Crippen LogP contribution in [0.1, 0.15) is 30.9 Å². The highest BCUT2D eigenvalue weighted by Gasteiger charge is 2.43. The van der Waals surface area contributed by atoms with Crippen LogP contribution in [-0.4, -0.2) is 31.1 Å². The maximum absolute atomic E-state index is 13.3. The predicted molar refractivity (Wildman–Crippen MR) is 114 cm³/mol. The predicted octanol–water partition coefficient (Wildman–Crippen LogP) is 3.86. The molecule has 1 heterocycles. The van der Waals surface area contributed by atoms with Crippen molar-refractivity contribution >= 4 is 35.0 Å². The van der Waals surface area contributed by atoms with Gasteiger partial charge in [-0.05, 0) is 43.0 Å². The number of hydrogen-bond donors (Lipinski definition) is 2. The normalized spacial score (nSPS) is 16.7. The van der Waals surface area contributed by atoms with Gasteiger partial charge in [0.1, 0.15) is 6.04 Å². The molecular formula is C22H24Cl2N2O3. The molecule has 0 radical (unpaired) electrons. The number of hydrogen-bond acceptors (Lipinski definition) is 3. The lowest BCUT2D eigenvalue weighted by Crippen LogP contribution is -2.53. The molecule has 5 nitrogen and oxygen atoms in total. The Morgan fingerprint density at radius 3 is 2.45 bits per heavy atom. The third kappa shape index (κ3) is 5.10. The third-order valence-corrected chi connectivity index (χ3v) is 5.83. The zero-order chi connectivity index (χ0) is 20.9. The second kappa shape index (κ2) is 9.61. The largest absolute Gasteiger partial charge is 0.381 e. The maximum atomic E-state index is 13.3. The molecule has 2 N–H and O–H groups in total. The summed E-state index contributed by atoms with van der Waals surface area (Å²) in [6, 6.07) is 14.1. The summed E-state index contributed by atoms with van der Waals surface area (Å²) in [6.45, 7) is 2.97. The molecule has 1 aliphatic heterocycles. The van der Waals surface area contributed by atoms with Crippen LogP contribution in [0, 0.1) is 0 Å². The first-order valence-corrected chi connectivity index (χ1v) is 10.3. The van der Waals surface area contributed by atoms with Crippen LogP contribution in [-0.2, 0) is 26.3 Å². The van der Waals surface area contributed by atoms with E-state index in [2.05, 4.69) is 10.6 Å². The van der Waals surface area contributed by atoms with E-state index in [1.165, 1.54) is 0 Å². The van der Waals surface area contributed by atoms with Gasteiger partial charge in [-0.2, -0.15) is 0 Å². The van der Waals surface area contributed by atoms with Crippen molar-refractivity contribution in [2.75, 3.05) is 13.2 Å². The fraction of sp³-hybridized carbons (Fsp3) is 0.364. The highest BCUT2D eigenvalue weighted by Crippen LogP contribution is 2.40. The van der Waals surface area contributed by atoms with Crippen LogP contribution in [0.2, 0.25) is 10.0 Å². The minimum Gasteiger partial charge on any atom is -0.381 e. The van der Waals surface area contributed by atoms with Crippen LogP contribution in [0.15, 0.2) is 48.5 Å². The summed E-state index contributed by atoms with van der Waals surface area (Å²) in [5.74, 6) is -0.473. The van der Waals surface area contributed by atoms with Crippen molar-refractivity contribution in [3.8, 4) is 0 Å². The molecule has 0 bridgehead atoms. The molecule has 29 heavy (non-hydrogen) atoms. The topological polar surface area (TPSA) is 67.4 Å². The first kappa shape index (κ1) is 21.6. The Hall–Kier alpha value is -2.08. The van der Waals surface area contributed by atoms with E-state index in [1.807, 2.05) is 30.3 Å². The number of benzene rings is 2. The number of rotatable bonds is 6. The van der Waals surface area contributed by atoms with Gasteiger partial charge >= 0.3 is 0 Å². The Morgan fingerprint density at radius 2 is 1.79 bits per heavy atom. The molecule has 1 saturated heterocycles. The van der Waals surface area contributed by atoms with Gasteiger partial charge in [0.2, 0.25) is 11.8 Å². The Morgan fingerprint density at radius 1 is 1.10 bits per heavy atom. The Labute approximate surface area is 180 Å². The van der Waals surface area contributed by atoms with Crippen LogP contribution in [0.25, 0.3) is 0 Å². The van der Waals surface area contributed by atoms with Gasteiger partial charge in [0.05, 0.1) is 5.41 Å². The number of ether oxygens (including phenoxy) is 1. The minimum absolute atomic E-state index is 0.229. The molecule has 0 spiro atoms. The van der Waals surface area contributed by atoms with Gasteiger partial charge < -0.3 is 15.4 Å². The van der Waals surface area contributed by atoms with Crippen molar-refractivity contribution in [1.29, 1.82) is 0 Å². The van der Waals surface area contributed by atoms with Crippen molar-refractivity contribution in [3.05, 3.63) is 69.7 Å². The molecular weight excluding hydrogens is 411 g/mol. The first-order chi connectivity index (χ1) is 13.9. The summed E-state index contributed by atoms with van der Waals surface area (Å²) < 4.78 is 5.47. The van der Waals surface area contributed by atoms with Gasteiger partial charge in [0, 0.05) is 29.8 Å².